The molecular formula is C62H38N2O2. The second-order valence-electron chi connectivity index (χ2n) is 17.2. The van der Waals surface area contributed by atoms with Crippen molar-refractivity contribution in [2.45, 2.75) is 0 Å². The number of fused-ring (bicyclic) bond motifs is 12. The highest BCUT2D eigenvalue weighted by Gasteiger charge is 2.26. The van der Waals surface area contributed by atoms with E-state index in [0.717, 1.165) is 94.3 Å². The molecule has 4 nitrogen and oxygen atoms in total. The normalized spacial score (nSPS) is 11.9. The zero-order valence-electron chi connectivity index (χ0n) is 35.7. The molecule has 66 heavy (non-hydrogen) atoms. The minimum absolute atomic E-state index is 0.842. The van der Waals surface area contributed by atoms with Gasteiger partial charge in [0.15, 0.2) is 0 Å². The van der Waals surface area contributed by atoms with E-state index in [2.05, 4.69) is 228 Å². The quantitative estimate of drug-likeness (QED) is 0.156. The Morgan fingerprint density at radius 1 is 0.348 bits per heavy atom. The molecule has 0 unspecified atom stereocenters. The average molecular weight is 843 g/mol. The number of hydrogen-bond acceptors (Lipinski definition) is 3. The van der Waals surface area contributed by atoms with Crippen molar-refractivity contribution in [3.8, 4) is 27.9 Å². The first kappa shape index (κ1) is 36.6. The maximum atomic E-state index is 7.06. The molecule has 4 heteroatoms. The molecule has 14 rings (SSSR count). The molecule has 0 saturated heterocycles. The van der Waals surface area contributed by atoms with E-state index >= 15 is 0 Å². The van der Waals surface area contributed by atoms with E-state index in [4.69, 9.17) is 8.83 Å². The van der Waals surface area contributed by atoms with Gasteiger partial charge in [-0.1, -0.05) is 158 Å². The van der Waals surface area contributed by atoms with Crippen molar-refractivity contribution in [2.24, 2.45) is 0 Å². The molecule has 0 aliphatic heterocycles. The first-order chi connectivity index (χ1) is 32.7. The van der Waals surface area contributed by atoms with Crippen LogP contribution in [0.5, 0.6) is 0 Å². The number of para-hydroxylation sites is 4. The summed E-state index contributed by atoms with van der Waals surface area (Å²) in [5.74, 6) is 0. The van der Waals surface area contributed by atoms with Crippen LogP contribution in [-0.2, 0) is 0 Å². The molecule has 11 aromatic carbocycles. The maximum absolute atomic E-state index is 7.06. The standard InChI is InChI=1S/C62H38N2O2/c1-2-21-44-40(16-1)38-56(47-23-4-3-22-46(44)47)64(42-19-13-17-39(36-42)45-28-15-33-59-61(45)52-27-8-12-32-58(52)65-59)55-35-34-51-50-26-7-11-31-57(50)66-62(51)60(55)41-18-14-20-43(37-41)63-53-29-9-5-24-48(53)49-25-6-10-30-54(49)63/h1-38H. The van der Waals surface area contributed by atoms with Gasteiger partial charge < -0.3 is 18.3 Å². The van der Waals surface area contributed by atoms with Crippen LogP contribution in [0.1, 0.15) is 0 Å². The van der Waals surface area contributed by atoms with Crippen LogP contribution in [-0.4, -0.2) is 4.57 Å². The van der Waals surface area contributed by atoms with Crippen molar-refractivity contribution in [2.75, 3.05) is 4.90 Å². The molecule has 0 bridgehead atoms. The monoisotopic (exact) mass is 842 g/mol. The van der Waals surface area contributed by atoms with Crippen molar-refractivity contribution in [3.05, 3.63) is 231 Å². The zero-order chi connectivity index (χ0) is 43.3. The molecule has 0 saturated carbocycles. The number of furan rings is 2. The fourth-order valence-electron chi connectivity index (χ4n) is 10.7. The molecule has 0 aliphatic rings. The van der Waals surface area contributed by atoms with Crippen molar-refractivity contribution in [3.63, 3.8) is 0 Å². The van der Waals surface area contributed by atoms with Crippen molar-refractivity contribution >= 4 is 104 Å². The van der Waals surface area contributed by atoms with Crippen LogP contribution in [0, 0.1) is 0 Å². The molecule has 0 fully saturated rings. The highest BCUT2D eigenvalue weighted by molar-refractivity contribution is 6.18. The molecule has 0 aliphatic carbocycles. The van der Waals surface area contributed by atoms with Gasteiger partial charge in [-0.3, -0.25) is 0 Å². The van der Waals surface area contributed by atoms with Crippen LogP contribution >= 0.6 is 0 Å². The van der Waals surface area contributed by atoms with Gasteiger partial charge in [-0.2, -0.15) is 0 Å². The summed E-state index contributed by atoms with van der Waals surface area (Å²) in [5, 5.41) is 11.6. The van der Waals surface area contributed by atoms with Gasteiger partial charge in [0.1, 0.15) is 22.3 Å². The third-order valence-corrected chi connectivity index (χ3v) is 13.5. The molecule has 3 aromatic heterocycles. The van der Waals surface area contributed by atoms with Gasteiger partial charge in [-0.05, 0) is 106 Å². The Morgan fingerprint density at radius 2 is 0.955 bits per heavy atom. The number of nitrogens with zero attached hydrogens (tertiary/aromatic N) is 2. The minimum Gasteiger partial charge on any atom is -0.456 e. The van der Waals surface area contributed by atoms with Gasteiger partial charge in [0.25, 0.3) is 0 Å². The van der Waals surface area contributed by atoms with E-state index < -0.39 is 0 Å². The molecule has 0 N–H and O–H groups in total. The lowest BCUT2D eigenvalue weighted by molar-refractivity contribution is 0.669. The fraction of sp³-hybridized carbons (Fsp3) is 0. The molecular weight excluding hydrogens is 805 g/mol. The predicted octanol–water partition coefficient (Wildman–Crippen LogP) is 17.7. The molecule has 308 valence electrons. The van der Waals surface area contributed by atoms with E-state index in [9.17, 15) is 0 Å². The van der Waals surface area contributed by atoms with Crippen LogP contribution < -0.4 is 4.90 Å². The number of rotatable bonds is 6. The van der Waals surface area contributed by atoms with E-state index in [0.29, 0.717) is 0 Å². The summed E-state index contributed by atoms with van der Waals surface area (Å²) in [4.78, 5) is 2.46. The predicted molar refractivity (Wildman–Crippen MR) is 276 cm³/mol. The molecule has 0 atom stereocenters. The van der Waals surface area contributed by atoms with Gasteiger partial charge in [0.2, 0.25) is 0 Å². The highest BCUT2D eigenvalue weighted by Crippen LogP contribution is 2.50. The molecule has 0 amide bonds. The third kappa shape index (κ3) is 5.45. The summed E-state index contributed by atoms with van der Waals surface area (Å²) >= 11 is 0. The number of hydrogen-bond donors (Lipinski definition) is 0. The summed E-state index contributed by atoms with van der Waals surface area (Å²) in [5.41, 5.74) is 14.2. The lowest BCUT2D eigenvalue weighted by Gasteiger charge is -2.30. The van der Waals surface area contributed by atoms with Crippen LogP contribution in [0.4, 0.5) is 17.1 Å². The molecule has 3 heterocycles. The lowest BCUT2D eigenvalue weighted by atomic mass is 9.95. The Kier molecular flexibility index (Phi) is 7.95. The largest absolute Gasteiger partial charge is 0.456 e. The Bertz CT molecular complexity index is 4210. The minimum atomic E-state index is 0.842. The Balaban J connectivity index is 1.08. The molecule has 0 spiro atoms. The highest BCUT2D eigenvalue weighted by atomic mass is 16.3. The van der Waals surface area contributed by atoms with Crippen molar-refractivity contribution in [1.29, 1.82) is 0 Å². The van der Waals surface area contributed by atoms with Gasteiger partial charge in [0.05, 0.1) is 22.4 Å². The fourth-order valence-corrected chi connectivity index (χ4v) is 10.7. The lowest BCUT2D eigenvalue weighted by Crippen LogP contribution is -2.12. The smallest absolute Gasteiger partial charge is 0.145 e. The summed E-state index contributed by atoms with van der Waals surface area (Å²) < 4.78 is 15.9. The van der Waals surface area contributed by atoms with Gasteiger partial charge >= 0.3 is 0 Å². The second-order valence-corrected chi connectivity index (χ2v) is 17.2. The van der Waals surface area contributed by atoms with E-state index in [-0.39, 0.29) is 0 Å². The van der Waals surface area contributed by atoms with Crippen molar-refractivity contribution in [1.82, 2.24) is 4.57 Å². The topological polar surface area (TPSA) is 34.5 Å². The van der Waals surface area contributed by atoms with E-state index in [1.165, 1.54) is 38.0 Å². The van der Waals surface area contributed by atoms with Crippen molar-refractivity contribution < 1.29 is 8.83 Å². The van der Waals surface area contributed by atoms with E-state index in [1.54, 1.807) is 0 Å². The zero-order valence-corrected chi connectivity index (χ0v) is 35.7. The van der Waals surface area contributed by atoms with Crippen LogP contribution in [0.15, 0.2) is 239 Å². The van der Waals surface area contributed by atoms with Gasteiger partial charge in [0, 0.05) is 54.6 Å². The maximum Gasteiger partial charge on any atom is 0.145 e. The Hall–Kier alpha value is -8.86. The van der Waals surface area contributed by atoms with Gasteiger partial charge in [-0.15, -0.1) is 0 Å². The van der Waals surface area contributed by atoms with Gasteiger partial charge in [-0.25, -0.2) is 0 Å². The summed E-state index contributed by atoms with van der Waals surface area (Å²) in [7, 11) is 0. The Morgan fingerprint density at radius 3 is 1.76 bits per heavy atom. The van der Waals surface area contributed by atoms with Crippen LogP contribution in [0.25, 0.3) is 115 Å². The second kappa shape index (κ2) is 14.3. The first-order valence-electron chi connectivity index (χ1n) is 22.5. The third-order valence-electron chi connectivity index (χ3n) is 13.5. The number of anilines is 3. The number of aromatic nitrogens is 1. The van der Waals surface area contributed by atoms with Crippen LogP contribution in [0.3, 0.4) is 0 Å². The number of benzene rings is 11. The van der Waals surface area contributed by atoms with Crippen LogP contribution in [0.2, 0.25) is 0 Å². The Labute approximate surface area is 379 Å². The average Bonchev–Trinajstić information content (AvgIpc) is 4.06. The summed E-state index contributed by atoms with van der Waals surface area (Å²) in [6.07, 6.45) is 0. The van der Waals surface area contributed by atoms with E-state index in [1.807, 2.05) is 12.1 Å². The molecule has 14 aromatic rings. The molecule has 0 radical (unpaired) electrons. The summed E-state index contributed by atoms with van der Waals surface area (Å²) in [6, 6.07) is 82.9. The SMILES string of the molecule is c1cc(-c2cccc3oc4ccccc4c23)cc(N(c2ccc3c(oc4ccccc43)c2-c2cccc(-n3c4ccccc4c4ccccc43)c2)c2cc3ccccc3c3ccccc23)c1. The summed E-state index contributed by atoms with van der Waals surface area (Å²) in [6.45, 7) is 0. The first-order valence-corrected chi connectivity index (χ1v) is 22.5.